The molecule has 0 heterocycles. The molecule has 3 heteroatoms. The van der Waals surface area contributed by atoms with Gasteiger partial charge in [0.15, 0.2) is 0 Å². The van der Waals surface area contributed by atoms with Crippen molar-refractivity contribution in [3.63, 3.8) is 0 Å². The third-order valence-electron chi connectivity index (χ3n) is 9.56. The standard InChI is InChI=1S/C26H44O3/c1-17(2)9-8-10-18(3)19-12-13-20-23(24(28)29)21(14-16-25(19,20)4)26(5)15-7-6-11-22(26)27/h17-21,23H,6-16H2,1-5H3,(H,28,29)/t18-,19-,20+,21+,23+,25+,26+/m0/s1. The summed E-state index contributed by atoms with van der Waals surface area (Å²) >= 11 is 0. The first-order valence-electron chi connectivity index (χ1n) is 12.4. The lowest BCUT2D eigenvalue weighted by molar-refractivity contribution is -0.161. The van der Waals surface area contributed by atoms with Crippen molar-refractivity contribution in [2.24, 2.45) is 46.3 Å². The van der Waals surface area contributed by atoms with Crippen LogP contribution in [-0.4, -0.2) is 16.9 Å². The maximum absolute atomic E-state index is 12.9. The minimum absolute atomic E-state index is 0.0286. The Morgan fingerprint density at radius 2 is 1.76 bits per heavy atom. The van der Waals surface area contributed by atoms with Crippen LogP contribution in [0.15, 0.2) is 0 Å². The first kappa shape index (κ1) is 22.8. The van der Waals surface area contributed by atoms with Crippen molar-refractivity contribution in [2.45, 2.75) is 105 Å². The zero-order valence-corrected chi connectivity index (χ0v) is 19.5. The van der Waals surface area contributed by atoms with E-state index in [0.717, 1.165) is 44.4 Å². The van der Waals surface area contributed by atoms with Crippen LogP contribution in [0.4, 0.5) is 0 Å². The largest absolute Gasteiger partial charge is 0.481 e. The number of hydrogen-bond donors (Lipinski definition) is 1. The van der Waals surface area contributed by atoms with Gasteiger partial charge in [-0.1, -0.05) is 60.3 Å². The van der Waals surface area contributed by atoms with Gasteiger partial charge in [0.1, 0.15) is 5.78 Å². The fraction of sp³-hybridized carbons (Fsp3) is 0.923. The molecular formula is C26H44O3. The number of carboxylic acid groups (broad SMARTS) is 1. The average molecular weight is 405 g/mol. The Bertz CT molecular complexity index is 611. The third-order valence-corrected chi connectivity index (χ3v) is 9.56. The van der Waals surface area contributed by atoms with Gasteiger partial charge in [0.25, 0.3) is 0 Å². The molecule has 166 valence electrons. The fourth-order valence-electron chi connectivity index (χ4n) is 7.82. The van der Waals surface area contributed by atoms with E-state index in [4.69, 9.17) is 0 Å². The molecule has 0 saturated heterocycles. The second-order valence-electron chi connectivity index (χ2n) is 11.7. The van der Waals surface area contributed by atoms with Crippen molar-refractivity contribution in [3.05, 3.63) is 0 Å². The van der Waals surface area contributed by atoms with Crippen molar-refractivity contribution in [3.8, 4) is 0 Å². The van der Waals surface area contributed by atoms with Crippen LogP contribution < -0.4 is 0 Å². The topological polar surface area (TPSA) is 54.4 Å². The summed E-state index contributed by atoms with van der Waals surface area (Å²) in [7, 11) is 0. The maximum atomic E-state index is 12.9. The normalized spacial score (nSPS) is 41.4. The monoisotopic (exact) mass is 404 g/mol. The van der Waals surface area contributed by atoms with Crippen molar-refractivity contribution >= 4 is 11.8 Å². The van der Waals surface area contributed by atoms with Gasteiger partial charge >= 0.3 is 5.97 Å². The molecule has 1 N–H and O–H groups in total. The van der Waals surface area contributed by atoms with Crippen LogP contribution in [0.3, 0.4) is 0 Å². The zero-order chi connectivity index (χ0) is 21.4. The van der Waals surface area contributed by atoms with Crippen LogP contribution in [0.1, 0.15) is 105 Å². The molecule has 0 spiro atoms. The zero-order valence-electron chi connectivity index (χ0n) is 19.5. The van der Waals surface area contributed by atoms with Gasteiger partial charge in [-0.15, -0.1) is 0 Å². The number of hydrogen-bond acceptors (Lipinski definition) is 2. The highest BCUT2D eigenvalue weighted by atomic mass is 16.4. The van der Waals surface area contributed by atoms with Crippen molar-refractivity contribution < 1.29 is 14.7 Å². The van der Waals surface area contributed by atoms with E-state index in [9.17, 15) is 14.7 Å². The van der Waals surface area contributed by atoms with Crippen LogP contribution in [0.2, 0.25) is 0 Å². The predicted molar refractivity (Wildman–Crippen MR) is 118 cm³/mol. The minimum Gasteiger partial charge on any atom is -0.481 e. The number of carboxylic acids is 1. The SMILES string of the molecule is CC(C)CCC[C@H](C)[C@@H]1CC[C@@H]2[C@@H](C(=O)O)[C@H]([C@@]3(C)CCCCC3=O)CC[C@@]21C. The van der Waals surface area contributed by atoms with Gasteiger partial charge in [-0.2, -0.15) is 0 Å². The van der Waals surface area contributed by atoms with Gasteiger partial charge in [0.2, 0.25) is 0 Å². The molecule has 3 aliphatic carbocycles. The van der Waals surface area contributed by atoms with Gasteiger partial charge in [-0.3, -0.25) is 9.59 Å². The number of carbonyl (C=O) groups is 2. The number of ketones is 1. The lowest BCUT2D eigenvalue weighted by atomic mass is 9.50. The van der Waals surface area contributed by atoms with E-state index in [2.05, 4.69) is 34.6 Å². The van der Waals surface area contributed by atoms with E-state index >= 15 is 0 Å². The van der Waals surface area contributed by atoms with Gasteiger partial charge in [0, 0.05) is 11.8 Å². The van der Waals surface area contributed by atoms with Crippen molar-refractivity contribution in [1.29, 1.82) is 0 Å². The second-order valence-corrected chi connectivity index (χ2v) is 11.7. The number of carbonyl (C=O) groups excluding carboxylic acids is 1. The summed E-state index contributed by atoms with van der Waals surface area (Å²) in [4.78, 5) is 25.5. The summed E-state index contributed by atoms with van der Waals surface area (Å²) in [6.45, 7) is 11.5. The summed E-state index contributed by atoms with van der Waals surface area (Å²) in [5.41, 5.74) is -0.283. The molecule has 3 rings (SSSR count). The molecule has 3 nitrogen and oxygen atoms in total. The fourth-order valence-corrected chi connectivity index (χ4v) is 7.82. The van der Waals surface area contributed by atoms with Crippen molar-refractivity contribution in [2.75, 3.05) is 0 Å². The molecule has 0 radical (unpaired) electrons. The first-order chi connectivity index (χ1) is 13.6. The Morgan fingerprint density at radius 1 is 1.03 bits per heavy atom. The summed E-state index contributed by atoms with van der Waals surface area (Å²) < 4.78 is 0. The van der Waals surface area contributed by atoms with E-state index in [0.29, 0.717) is 24.0 Å². The summed E-state index contributed by atoms with van der Waals surface area (Å²) in [6.07, 6.45) is 11.7. The number of aliphatic carboxylic acids is 1. The molecule has 0 aromatic rings. The van der Waals surface area contributed by atoms with E-state index in [-0.39, 0.29) is 23.2 Å². The molecule has 7 atom stereocenters. The Morgan fingerprint density at radius 3 is 2.38 bits per heavy atom. The molecule has 0 aromatic carbocycles. The number of Topliss-reactive ketones (excluding diaryl/α,β-unsaturated/α-hetero) is 1. The lowest BCUT2D eigenvalue weighted by Crippen LogP contribution is -2.52. The van der Waals surface area contributed by atoms with Crippen molar-refractivity contribution in [1.82, 2.24) is 0 Å². The summed E-state index contributed by atoms with van der Waals surface area (Å²) in [5, 5.41) is 10.3. The molecule has 3 aliphatic rings. The van der Waals surface area contributed by atoms with Crippen LogP contribution in [-0.2, 0) is 9.59 Å². The van der Waals surface area contributed by atoms with Gasteiger partial charge in [-0.05, 0) is 73.5 Å². The molecule has 0 aromatic heterocycles. The quantitative estimate of drug-likeness (QED) is 0.511. The lowest BCUT2D eigenvalue weighted by Gasteiger charge is -2.53. The Hall–Kier alpha value is -0.860. The highest BCUT2D eigenvalue weighted by Gasteiger charge is 2.60. The van der Waals surface area contributed by atoms with E-state index in [1.807, 2.05) is 0 Å². The smallest absolute Gasteiger partial charge is 0.307 e. The summed E-state index contributed by atoms with van der Waals surface area (Å²) in [6, 6.07) is 0. The van der Waals surface area contributed by atoms with Crippen LogP contribution in [0, 0.1) is 46.3 Å². The molecule has 0 aliphatic heterocycles. The third kappa shape index (κ3) is 4.17. The molecule has 0 bridgehead atoms. The van der Waals surface area contributed by atoms with E-state index in [1.165, 1.54) is 25.7 Å². The minimum atomic E-state index is -0.640. The molecule has 29 heavy (non-hydrogen) atoms. The Kier molecular flexibility index (Phi) is 6.85. The van der Waals surface area contributed by atoms with Gasteiger partial charge in [0.05, 0.1) is 5.92 Å². The maximum Gasteiger partial charge on any atom is 0.307 e. The van der Waals surface area contributed by atoms with Gasteiger partial charge in [-0.25, -0.2) is 0 Å². The summed E-state index contributed by atoms with van der Waals surface area (Å²) in [5.74, 6) is 1.69. The molecular weight excluding hydrogens is 360 g/mol. The molecule has 0 amide bonds. The molecule has 0 unspecified atom stereocenters. The highest BCUT2D eigenvalue weighted by molar-refractivity contribution is 5.86. The number of fused-ring (bicyclic) bond motifs is 1. The first-order valence-corrected chi connectivity index (χ1v) is 12.4. The van der Waals surface area contributed by atoms with Gasteiger partial charge < -0.3 is 5.11 Å². The van der Waals surface area contributed by atoms with Crippen LogP contribution >= 0.6 is 0 Å². The van der Waals surface area contributed by atoms with E-state index in [1.54, 1.807) is 0 Å². The average Bonchev–Trinajstić information content (AvgIpc) is 2.99. The molecule has 3 fully saturated rings. The number of rotatable bonds is 7. The molecule has 3 saturated carbocycles. The van der Waals surface area contributed by atoms with Crippen LogP contribution in [0.25, 0.3) is 0 Å². The Balaban J connectivity index is 1.79. The van der Waals surface area contributed by atoms with E-state index < -0.39 is 11.4 Å². The second kappa shape index (κ2) is 8.71. The van der Waals surface area contributed by atoms with Crippen LogP contribution in [0.5, 0.6) is 0 Å². The highest BCUT2D eigenvalue weighted by Crippen LogP contribution is 2.64. The Labute approximate surface area is 178 Å². The predicted octanol–water partition coefficient (Wildman–Crippen LogP) is 6.74.